The second-order valence-corrected chi connectivity index (χ2v) is 8.17. The molecule has 6 heteroatoms. The van der Waals surface area contributed by atoms with Crippen LogP contribution in [0.4, 0.5) is 4.79 Å². The highest BCUT2D eigenvalue weighted by atomic mass is 79.9. The van der Waals surface area contributed by atoms with Crippen molar-refractivity contribution in [1.29, 1.82) is 0 Å². The van der Waals surface area contributed by atoms with E-state index in [1.807, 2.05) is 18.2 Å². The molecule has 1 aromatic rings. The Hall–Kier alpha value is -1.56. The highest BCUT2D eigenvalue weighted by Gasteiger charge is 2.38. The summed E-state index contributed by atoms with van der Waals surface area (Å²) in [7, 11) is 0. The topological polar surface area (TPSA) is 66.8 Å². The minimum absolute atomic E-state index is 0.235. The summed E-state index contributed by atoms with van der Waals surface area (Å²) in [5.41, 5.74) is 0.539. The molecule has 1 fully saturated rings. The van der Waals surface area contributed by atoms with E-state index in [4.69, 9.17) is 4.74 Å². The Morgan fingerprint density at radius 2 is 2.08 bits per heavy atom. The summed E-state index contributed by atoms with van der Waals surface area (Å²) in [5, 5.41) is 9.53. The Labute approximate surface area is 151 Å². The number of halogens is 1. The van der Waals surface area contributed by atoms with Gasteiger partial charge in [-0.1, -0.05) is 28.1 Å². The molecule has 0 saturated carbocycles. The molecule has 2 atom stereocenters. The van der Waals surface area contributed by atoms with Crippen LogP contribution in [0.15, 0.2) is 28.7 Å². The van der Waals surface area contributed by atoms with Gasteiger partial charge in [-0.15, -0.1) is 0 Å². The average molecular weight is 398 g/mol. The summed E-state index contributed by atoms with van der Waals surface area (Å²) in [6.45, 7) is 5.74. The Morgan fingerprint density at radius 1 is 1.38 bits per heavy atom. The third-order valence-electron chi connectivity index (χ3n) is 4.04. The zero-order valence-electron chi connectivity index (χ0n) is 14.3. The number of aliphatic carboxylic acids is 1. The van der Waals surface area contributed by atoms with Gasteiger partial charge in [0.15, 0.2) is 0 Å². The summed E-state index contributed by atoms with van der Waals surface area (Å²) >= 11 is 3.45. The molecular formula is C18H24BrNO4. The van der Waals surface area contributed by atoms with Crippen LogP contribution in [-0.4, -0.2) is 40.3 Å². The highest BCUT2D eigenvalue weighted by molar-refractivity contribution is 9.10. The number of carbonyl (C=O) groups excluding carboxylic acids is 1. The summed E-state index contributed by atoms with van der Waals surface area (Å²) in [6, 6.07) is 7.21. The van der Waals surface area contributed by atoms with Crippen molar-refractivity contribution >= 4 is 28.0 Å². The van der Waals surface area contributed by atoms with E-state index in [1.54, 1.807) is 20.8 Å². The molecule has 0 bridgehead atoms. The smallest absolute Gasteiger partial charge is 0.411 e. The molecule has 1 heterocycles. The van der Waals surface area contributed by atoms with Gasteiger partial charge in [-0.25, -0.2) is 9.59 Å². The van der Waals surface area contributed by atoms with Crippen molar-refractivity contribution in [2.75, 3.05) is 6.54 Å². The number of nitrogens with zero attached hydrogens (tertiary/aromatic N) is 1. The van der Waals surface area contributed by atoms with Gasteiger partial charge in [0.2, 0.25) is 0 Å². The van der Waals surface area contributed by atoms with Crippen LogP contribution in [0.25, 0.3) is 0 Å². The summed E-state index contributed by atoms with van der Waals surface area (Å²) in [5.74, 6) is -0.737. The third kappa shape index (κ3) is 5.23. The SMILES string of the molecule is CC(C)(C)OC(=O)N1CCC(Cc2cccc(Br)c2)CC1C(=O)O. The molecule has 0 spiro atoms. The first kappa shape index (κ1) is 18.8. The van der Waals surface area contributed by atoms with E-state index in [-0.39, 0.29) is 5.92 Å². The van der Waals surface area contributed by atoms with Crippen LogP contribution in [0, 0.1) is 5.92 Å². The number of hydrogen-bond acceptors (Lipinski definition) is 3. The van der Waals surface area contributed by atoms with Gasteiger partial charge in [-0.05, 0) is 63.6 Å². The molecule has 1 aromatic carbocycles. The monoisotopic (exact) mass is 397 g/mol. The van der Waals surface area contributed by atoms with Crippen LogP contribution in [-0.2, 0) is 16.0 Å². The second kappa shape index (κ2) is 7.55. The standard InChI is InChI=1S/C18H24BrNO4/c1-18(2,3)24-17(23)20-8-7-13(11-15(20)16(21)22)9-12-5-4-6-14(19)10-12/h4-6,10,13,15H,7-9,11H2,1-3H3,(H,21,22). The Kier molecular flexibility index (Phi) is 5.91. The molecule has 2 rings (SSSR count). The molecule has 1 N–H and O–H groups in total. The van der Waals surface area contributed by atoms with Crippen molar-refractivity contribution < 1.29 is 19.4 Å². The molecule has 1 aliphatic rings. The number of benzene rings is 1. The van der Waals surface area contributed by atoms with E-state index in [1.165, 1.54) is 10.5 Å². The second-order valence-electron chi connectivity index (χ2n) is 7.25. The molecule has 0 radical (unpaired) electrons. The molecule has 1 aliphatic heterocycles. The first-order valence-corrected chi connectivity index (χ1v) is 8.92. The van der Waals surface area contributed by atoms with Crippen molar-refractivity contribution in [2.45, 2.75) is 51.7 Å². The lowest BCUT2D eigenvalue weighted by molar-refractivity contribution is -0.145. The van der Waals surface area contributed by atoms with Gasteiger partial charge in [0.05, 0.1) is 0 Å². The maximum absolute atomic E-state index is 12.3. The van der Waals surface area contributed by atoms with E-state index < -0.39 is 23.7 Å². The fourth-order valence-electron chi connectivity index (χ4n) is 2.99. The van der Waals surface area contributed by atoms with Crippen molar-refractivity contribution in [2.24, 2.45) is 5.92 Å². The number of piperidine rings is 1. The number of rotatable bonds is 3. The van der Waals surface area contributed by atoms with E-state index in [9.17, 15) is 14.7 Å². The molecule has 1 amide bonds. The van der Waals surface area contributed by atoms with E-state index in [0.29, 0.717) is 13.0 Å². The molecule has 5 nitrogen and oxygen atoms in total. The number of carboxylic acid groups (broad SMARTS) is 1. The summed E-state index contributed by atoms with van der Waals surface area (Å²) < 4.78 is 6.36. The first-order valence-electron chi connectivity index (χ1n) is 8.12. The normalized spacial score (nSPS) is 21.4. The average Bonchev–Trinajstić information content (AvgIpc) is 2.45. The molecule has 132 valence electrons. The molecule has 1 saturated heterocycles. The predicted octanol–water partition coefficient (Wildman–Crippen LogP) is 4.09. The van der Waals surface area contributed by atoms with Crippen molar-refractivity contribution in [3.8, 4) is 0 Å². The van der Waals surface area contributed by atoms with Gasteiger partial charge in [-0.3, -0.25) is 4.90 Å². The van der Waals surface area contributed by atoms with Gasteiger partial charge in [0.25, 0.3) is 0 Å². The molecule has 2 unspecified atom stereocenters. The van der Waals surface area contributed by atoms with E-state index in [2.05, 4.69) is 22.0 Å². The van der Waals surface area contributed by atoms with Crippen LogP contribution in [0.1, 0.15) is 39.2 Å². The molecular weight excluding hydrogens is 374 g/mol. The number of carbonyl (C=O) groups is 2. The predicted molar refractivity (Wildman–Crippen MR) is 94.9 cm³/mol. The zero-order valence-corrected chi connectivity index (χ0v) is 15.9. The first-order chi connectivity index (χ1) is 11.2. The van der Waals surface area contributed by atoms with Gasteiger partial charge in [0.1, 0.15) is 11.6 Å². The van der Waals surface area contributed by atoms with Crippen LogP contribution < -0.4 is 0 Å². The Bertz CT molecular complexity index is 611. The lowest BCUT2D eigenvalue weighted by Gasteiger charge is -2.38. The molecule has 0 aliphatic carbocycles. The minimum atomic E-state index is -0.972. The summed E-state index contributed by atoms with van der Waals surface area (Å²) in [6.07, 6.45) is 1.48. The van der Waals surface area contributed by atoms with Gasteiger partial charge >= 0.3 is 12.1 Å². The van der Waals surface area contributed by atoms with Gasteiger partial charge < -0.3 is 9.84 Å². The minimum Gasteiger partial charge on any atom is -0.480 e. The van der Waals surface area contributed by atoms with Crippen LogP contribution >= 0.6 is 15.9 Å². The number of likely N-dealkylation sites (tertiary alicyclic amines) is 1. The number of hydrogen-bond donors (Lipinski definition) is 1. The van der Waals surface area contributed by atoms with Crippen molar-refractivity contribution in [1.82, 2.24) is 4.90 Å². The van der Waals surface area contributed by atoms with Crippen molar-refractivity contribution in [3.63, 3.8) is 0 Å². The quantitative estimate of drug-likeness (QED) is 0.833. The summed E-state index contributed by atoms with van der Waals surface area (Å²) in [4.78, 5) is 25.3. The zero-order chi connectivity index (χ0) is 17.9. The van der Waals surface area contributed by atoms with Crippen LogP contribution in [0.2, 0.25) is 0 Å². The molecule has 0 aromatic heterocycles. The third-order valence-corrected chi connectivity index (χ3v) is 4.53. The number of ether oxygens (including phenoxy) is 1. The Morgan fingerprint density at radius 3 is 2.67 bits per heavy atom. The fourth-order valence-corrected chi connectivity index (χ4v) is 3.44. The lowest BCUT2D eigenvalue weighted by atomic mass is 9.86. The fraction of sp³-hybridized carbons (Fsp3) is 0.556. The van der Waals surface area contributed by atoms with Crippen LogP contribution in [0.5, 0.6) is 0 Å². The van der Waals surface area contributed by atoms with E-state index >= 15 is 0 Å². The lowest BCUT2D eigenvalue weighted by Crippen LogP contribution is -2.51. The Balaban J connectivity index is 2.05. The maximum Gasteiger partial charge on any atom is 0.411 e. The highest BCUT2D eigenvalue weighted by Crippen LogP contribution is 2.28. The number of carboxylic acids is 1. The van der Waals surface area contributed by atoms with Gasteiger partial charge in [0, 0.05) is 11.0 Å². The van der Waals surface area contributed by atoms with Crippen LogP contribution in [0.3, 0.4) is 0 Å². The molecule has 24 heavy (non-hydrogen) atoms. The van der Waals surface area contributed by atoms with Crippen molar-refractivity contribution in [3.05, 3.63) is 34.3 Å². The largest absolute Gasteiger partial charge is 0.480 e. The van der Waals surface area contributed by atoms with E-state index in [0.717, 1.165) is 17.3 Å². The van der Waals surface area contributed by atoms with Gasteiger partial charge in [-0.2, -0.15) is 0 Å². The number of amides is 1. The maximum atomic E-state index is 12.3.